The molecule has 0 aliphatic carbocycles. The minimum atomic E-state index is 0.571. The fraction of sp³-hybridized carbons (Fsp3) is 0. The summed E-state index contributed by atoms with van der Waals surface area (Å²) >= 11 is 0. The molecule has 5 heteroatoms. The van der Waals surface area contributed by atoms with Gasteiger partial charge >= 0.3 is 0 Å². The minimum absolute atomic E-state index is 0.571. The molecule has 0 bridgehead atoms. The highest BCUT2D eigenvalue weighted by Crippen LogP contribution is 2.44. The highest BCUT2D eigenvalue weighted by molar-refractivity contribution is 6.13. The van der Waals surface area contributed by atoms with Gasteiger partial charge in [0.25, 0.3) is 0 Å². The van der Waals surface area contributed by atoms with Crippen LogP contribution in [0.4, 0.5) is 17.1 Å². The van der Waals surface area contributed by atoms with Gasteiger partial charge in [0.2, 0.25) is 5.89 Å². The molecule has 0 amide bonds. The standard InChI is InChI=1S/C41H24N2O3/c1-2-11-28-25(9-1)10-7-15-34(28)43(27-19-21-30-29-12-3-5-16-35(29)45-39(30)24-27)26-20-22-36-32(23-26)40-31(13-8-18-38(40)44-36)41-42-33-14-4-6-17-37(33)46-41/h1-24H. The second kappa shape index (κ2) is 9.58. The van der Waals surface area contributed by atoms with Crippen LogP contribution in [-0.2, 0) is 0 Å². The first-order valence-corrected chi connectivity index (χ1v) is 15.3. The Morgan fingerprint density at radius 1 is 0.435 bits per heavy atom. The van der Waals surface area contributed by atoms with Crippen LogP contribution in [0.1, 0.15) is 0 Å². The first-order valence-electron chi connectivity index (χ1n) is 15.3. The van der Waals surface area contributed by atoms with Gasteiger partial charge in [0.1, 0.15) is 27.8 Å². The molecule has 0 aliphatic heterocycles. The number of anilines is 3. The van der Waals surface area contributed by atoms with Gasteiger partial charge in [-0.2, -0.15) is 0 Å². The normalized spacial score (nSPS) is 11.9. The number of fused-ring (bicyclic) bond motifs is 8. The third-order valence-electron chi connectivity index (χ3n) is 8.89. The fourth-order valence-electron chi connectivity index (χ4n) is 6.80. The van der Waals surface area contributed by atoms with Crippen LogP contribution in [0.15, 0.2) is 159 Å². The third kappa shape index (κ3) is 3.72. The maximum atomic E-state index is 6.39. The summed E-state index contributed by atoms with van der Waals surface area (Å²) in [5.41, 5.74) is 8.84. The lowest BCUT2D eigenvalue weighted by molar-refractivity contribution is 0.620. The molecule has 0 unspecified atom stereocenters. The number of oxazole rings is 1. The zero-order valence-electron chi connectivity index (χ0n) is 24.5. The van der Waals surface area contributed by atoms with Crippen molar-refractivity contribution in [2.24, 2.45) is 0 Å². The molecule has 0 radical (unpaired) electrons. The Balaban J connectivity index is 1.23. The summed E-state index contributed by atoms with van der Waals surface area (Å²) in [4.78, 5) is 7.12. The minimum Gasteiger partial charge on any atom is -0.456 e. The van der Waals surface area contributed by atoms with Crippen molar-refractivity contribution in [3.63, 3.8) is 0 Å². The zero-order valence-corrected chi connectivity index (χ0v) is 24.5. The van der Waals surface area contributed by atoms with E-state index in [0.717, 1.165) is 83.0 Å². The number of furan rings is 2. The maximum absolute atomic E-state index is 6.39. The van der Waals surface area contributed by atoms with Crippen LogP contribution >= 0.6 is 0 Å². The first kappa shape index (κ1) is 25.0. The van der Waals surface area contributed by atoms with E-state index < -0.39 is 0 Å². The number of hydrogen-bond donors (Lipinski definition) is 0. The van der Waals surface area contributed by atoms with E-state index >= 15 is 0 Å². The first-order chi connectivity index (χ1) is 22.8. The molecule has 0 N–H and O–H groups in total. The molecule has 0 aliphatic rings. The van der Waals surface area contributed by atoms with Gasteiger partial charge in [-0.25, -0.2) is 4.98 Å². The van der Waals surface area contributed by atoms with Crippen molar-refractivity contribution in [1.82, 2.24) is 4.98 Å². The van der Waals surface area contributed by atoms with Crippen molar-refractivity contribution >= 4 is 82.8 Å². The van der Waals surface area contributed by atoms with Crippen molar-refractivity contribution in [3.8, 4) is 11.5 Å². The predicted molar refractivity (Wildman–Crippen MR) is 186 cm³/mol. The molecule has 0 spiro atoms. The van der Waals surface area contributed by atoms with Crippen LogP contribution in [0.25, 0.3) is 77.2 Å². The Labute approximate surface area is 262 Å². The number of benzene rings is 7. The fourth-order valence-corrected chi connectivity index (χ4v) is 6.80. The zero-order chi connectivity index (χ0) is 30.2. The molecule has 3 heterocycles. The molecular weight excluding hydrogens is 568 g/mol. The van der Waals surface area contributed by atoms with E-state index in [2.05, 4.69) is 89.8 Å². The van der Waals surface area contributed by atoms with Gasteiger partial charge in [0.05, 0.1) is 5.69 Å². The van der Waals surface area contributed by atoms with Crippen LogP contribution in [0.5, 0.6) is 0 Å². The molecule has 0 saturated carbocycles. The van der Waals surface area contributed by atoms with Gasteiger partial charge in [-0.05, 0) is 72.1 Å². The molecule has 10 aromatic rings. The number of nitrogens with zero attached hydrogens (tertiary/aromatic N) is 2. The van der Waals surface area contributed by atoms with E-state index in [1.54, 1.807) is 0 Å². The highest BCUT2D eigenvalue weighted by atomic mass is 16.4. The van der Waals surface area contributed by atoms with E-state index in [-0.39, 0.29) is 0 Å². The molecule has 0 fully saturated rings. The molecule has 10 rings (SSSR count). The maximum Gasteiger partial charge on any atom is 0.228 e. The van der Waals surface area contributed by atoms with Crippen LogP contribution in [-0.4, -0.2) is 4.98 Å². The van der Waals surface area contributed by atoms with Crippen LogP contribution in [0, 0.1) is 0 Å². The Kier molecular flexibility index (Phi) is 5.22. The Hall–Kier alpha value is -6.33. The lowest BCUT2D eigenvalue weighted by atomic mass is 10.0. The second-order valence-electron chi connectivity index (χ2n) is 11.6. The quantitative estimate of drug-likeness (QED) is 0.203. The average molecular weight is 593 g/mol. The second-order valence-corrected chi connectivity index (χ2v) is 11.6. The van der Waals surface area contributed by atoms with Crippen molar-refractivity contribution in [3.05, 3.63) is 146 Å². The van der Waals surface area contributed by atoms with Gasteiger partial charge in [-0.15, -0.1) is 0 Å². The Morgan fingerprint density at radius 3 is 2.04 bits per heavy atom. The molecule has 0 atom stereocenters. The van der Waals surface area contributed by atoms with Crippen molar-refractivity contribution < 1.29 is 13.3 Å². The summed E-state index contributed by atoms with van der Waals surface area (Å²) in [5.74, 6) is 0.571. The number of hydrogen-bond acceptors (Lipinski definition) is 5. The molecule has 46 heavy (non-hydrogen) atoms. The molecule has 216 valence electrons. The summed E-state index contributed by atoms with van der Waals surface area (Å²) in [7, 11) is 0. The van der Waals surface area contributed by atoms with Crippen LogP contribution < -0.4 is 4.90 Å². The third-order valence-corrected chi connectivity index (χ3v) is 8.89. The lowest BCUT2D eigenvalue weighted by Gasteiger charge is -2.27. The van der Waals surface area contributed by atoms with Crippen molar-refractivity contribution in [2.75, 3.05) is 4.90 Å². The Morgan fingerprint density at radius 2 is 1.11 bits per heavy atom. The van der Waals surface area contributed by atoms with Gasteiger partial charge in [-0.3, -0.25) is 0 Å². The molecular formula is C41H24N2O3. The van der Waals surface area contributed by atoms with E-state index in [9.17, 15) is 0 Å². The van der Waals surface area contributed by atoms with Gasteiger partial charge in [0.15, 0.2) is 5.58 Å². The summed E-state index contributed by atoms with van der Waals surface area (Å²) in [6.45, 7) is 0. The van der Waals surface area contributed by atoms with Crippen molar-refractivity contribution in [1.29, 1.82) is 0 Å². The number of rotatable bonds is 4. The summed E-state index contributed by atoms with van der Waals surface area (Å²) in [6, 6.07) is 49.8. The summed E-state index contributed by atoms with van der Waals surface area (Å²) < 4.78 is 19.0. The summed E-state index contributed by atoms with van der Waals surface area (Å²) in [5, 5.41) is 6.48. The number of para-hydroxylation sites is 3. The molecule has 5 nitrogen and oxygen atoms in total. The van der Waals surface area contributed by atoms with Gasteiger partial charge in [-0.1, -0.05) is 72.8 Å². The van der Waals surface area contributed by atoms with E-state index in [4.69, 9.17) is 18.2 Å². The Bertz CT molecular complexity index is 2750. The topological polar surface area (TPSA) is 55.6 Å². The average Bonchev–Trinajstić information content (AvgIpc) is 3.81. The smallest absolute Gasteiger partial charge is 0.228 e. The van der Waals surface area contributed by atoms with E-state index in [1.165, 1.54) is 5.39 Å². The monoisotopic (exact) mass is 592 g/mol. The highest BCUT2D eigenvalue weighted by Gasteiger charge is 2.21. The lowest BCUT2D eigenvalue weighted by Crippen LogP contribution is -2.10. The molecule has 7 aromatic carbocycles. The van der Waals surface area contributed by atoms with E-state index in [0.29, 0.717) is 5.89 Å². The van der Waals surface area contributed by atoms with Crippen LogP contribution in [0.3, 0.4) is 0 Å². The van der Waals surface area contributed by atoms with Crippen LogP contribution in [0.2, 0.25) is 0 Å². The molecule has 3 aromatic heterocycles. The molecule has 0 saturated heterocycles. The summed E-state index contributed by atoms with van der Waals surface area (Å²) in [6.07, 6.45) is 0. The number of aromatic nitrogens is 1. The predicted octanol–water partition coefficient (Wildman–Crippen LogP) is 11.9. The van der Waals surface area contributed by atoms with Gasteiger partial charge in [0, 0.05) is 49.9 Å². The van der Waals surface area contributed by atoms with Gasteiger partial charge < -0.3 is 18.2 Å². The van der Waals surface area contributed by atoms with E-state index in [1.807, 2.05) is 60.7 Å². The van der Waals surface area contributed by atoms with Crippen molar-refractivity contribution in [2.45, 2.75) is 0 Å². The largest absolute Gasteiger partial charge is 0.456 e. The SMILES string of the molecule is c1ccc2c(N(c3ccc4c(c3)oc3ccccc34)c3ccc4oc5cccc(-c6nc7ccccc7o6)c5c4c3)cccc2c1.